The highest BCUT2D eigenvalue weighted by molar-refractivity contribution is 7.80. The molecular weight excluding hydrogens is 463 g/mol. The summed E-state index contributed by atoms with van der Waals surface area (Å²) in [5.74, 6) is -1.25. The molecule has 1 N–H and O–H groups in total. The number of hydrogen-bond acceptors (Lipinski definition) is 4. The van der Waals surface area contributed by atoms with Crippen LogP contribution in [0.25, 0.3) is 5.57 Å². The third kappa shape index (κ3) is 4.44. The number of piperidine rings is 1. The smallest absolute Gasteiger partial charge is 0.321 e. The fraction of sp³-hybridized carbons (Fsp3) is 0.400. The van der Waals surface area contributed by atoms with Crippen molar-refractivity contribution in [2.24, 2.45) is 0 Å². The zero-order valence-electron chi connectivity index (χ0n) is 19.1. The molecule has 2 amide bonds. The number of hydrogen-bond donors (Lipinski definition) is 2. The van der Waals surface area contributed by atoms with Crippen LogP contribution in [0.1, 0.15) is 17.5 Å². The molecule has 2 aromatic carbocycles. The highest BCUT2D eigenvalue weighted by Crippen LogP contribution is 2.42. The van der Waals surface area contributed by atoms with E-state index in [9.17, 15) is 23.1 Å². The Morgan fingerprint density at radius 3 is 2.71 bits per heavy atom. The van der Waals surface area contributed by atoms with Crippen molar-refractivity contribution in [2.75, 3.05) is 40.3 Å². The number of likely N-dealkylation sites (tertiary alicyclic amines) is 1. The maximum Gasteiger partial charge on any atom is 0.321 e. The van der Waals surface area contributed by atoms with Gasteiger partial charge in [0.2, 0.25) is 0 Å². The number of amides is 2. The molecule has 1 fully saturated rings. The lowest BCUT2D eigenvalue weighted by Gasteiger charge is -2.43. The number of thiol groups is 1. The van der Waals surface area contributed by atoms with Crippen LogP contribution in [-0.4, -0.2) is 78.4 Å². The summed E-state index contributed by atoms with van der Waals surface area (Å²) < 4.78 is 43.5. The Morgan fingerprint density at radius 2 is 2.03 bits per heavy atom. The molecule has 1 saturated heterocycles. The van der Waals surface area contributed by atoms with Crippen molar-refractivity contribution in [3.63, 3.8) is 0 Å². The Balaban J connectivity index is 1.77. The van der Waals surface area contributed by atoms with Crippen LogP contribution in [0.4, 0.5) is 18.0 Å². The first-order valence-corrected chi connectivity index (χ1v) is 11.6. The van der Waals surface area contributed by atoms with Gasteiger partial charge < -0.3 is 19.8 Å². The van der Waals surface area contributed by atoms with Crippen LogP contribution >= 0.6 is 12.6 Å². The maximum absolute atomic E-state index is 14.9. The third-order valence-corrected chi connectivity index (χ3v) is 7.10. The van der Waals surface area contributed by atoms with Crippen LogP contribution in [-0.2, 0) is 5.54 Å². The summed E-state index contributed by atoms with van der Waals surface area (Å²) in [6, 6.07) is 8.95. The first kappa shape index (κ1) is 24.6. The Bertz CT molecular complexity index is 1110. The Labute approximate surface area is 202 Å². The molecule has 5 nitrogen and oxygen atoms in total. The van der Waals surface area contributed by atoms with Crippen LogP contribution in [0.5, 0.6) is 0 Å². The summed E-state index contributed by atoms with van der Waals surface area (Å²) in [4.78, 5) is 19.0. The van der Waals surface area contributed by atoms with Crippen LogP contribution < -0.4 is 0 Å². The van der Waals surface area contributed by atoms with Crippen molar-refractivity contribution >= 4 is 24.2 Å². The number of benzene rings is 2. The van der Waals surface area contributed by atoms with Crippen LogP contribution in [0.3, 0.4) is 0 Å². The predicted octanol–water partition coefficient (Wildman–Crippen LogP) is 3.93. The number of aliphatic hydroxyl groups is 1. The van der Waals surface area contributed by atoms with Crippen molar-refractivity contribution in [1.29, 1.82) is 0 Å². The molecular formula is C25H28F3N3O2S. The summed E-state index contributed by atoms with van der Waals surface area (Å²) in [7, 11) is 3.37. The fourth-order valence-electron chi connectivity index (χ4n) is 4.92. The van der Waals surface area contributed by atoms with Gasteiger partial charge in [0.15, 0.2) is 0 Å². The van der Waals surface area contributed by atoms with Crippen LogP contribution in [0.2, 0.25) is 0 Å². The number of halogens is 3. The van der Waals surface area contributed by atoms with E-state index in [-0.39, 0.29) is 18.7 Å². The van der Waals surface area contributed by atoms with E-state index in [1.807, 2.05) is 11.9 Å². The van der Waals surface area contributed by atoms with E-state index in [1.54, 1.807) is 37.4 Å². The highest BCUT2D eigenvalue weighted by atomic mass is 32.1. The number of carbonyl (C=O) groups is 1. The van der Waals surface area contributed by atoms with Gasteiger partial charge in [0, 0.05) is 37.1 Å². The van der Waals surface area contributed by atoms with Gasteiger partial charge in [0.25, 0.3) is 0 Å². The molecule has 2 aromatic rings. The molecule has 34 heavy (non-hydrogen) atoms. The van der Waals surface area contributed by atoms with Crippen molar-refractivity contribution in [3.05, 3.63) is 71.3 Å². The van der Waals surface area contributed by atoms with Gasteiger partial charge in [-0.25, -0.2) is 18.0 Å². The average Bonchev–Trinajstić information content (AvgIpc) is 3.20. The lowest BCUT2D eigenvalue weighted by Crippen LogP contribution is -2.58. The van der Waals surface area contributed by atoms with Gasteiger partial charge in [0.05, 0.1) is 12.6 Å². The zero-order valence-corrected chi connectivity index (χ0v) is 20.0. The average molecular weight is 492 g/mol. The molecule has 3 atom stereocenters. The van der Waals surface area contributed by atoms with E-state index in [4.69, 9.17) is 0 Å². The molecule has 0 bridgehead atoms. The molecule has 182 valence electrons. The molecule has 4 rings (SSSR count). The maximum atomic E-state index is 14.9. The minimum atomic E-state index is -1.35. The predicted molar refractivity (Wildman–Crippen MR) is 127 cm³/mol. The molecule has 9 heteroatoms. The number of rotatable bonds is 4. The standard InChI is InChI=1S/C25H28F3N3O2S/c1-29-9-8-23(22(28)14-29)30(2)24(33)31-13-16(20-11-18(26)6-7-21(20)27)12-25(31,15-32)17-4-3-5-19(34)10-17/h3-7,10-12,22-23,32,34H,8-9,13-15H2,1-2H3/t22?,23?,25-/m1/s1. The summed E-state index contributed by atoms with van der Waals surface area (Å²) >= 11 is 4.39. The molecule has 0 aliphatic carbocycles. The lowest BCUT2D eigenvalue weighted by atomic mass is 9.89. The molecule has 2 heterocycles. The monoisotopic (exact) mass is 491 g/mol. The summed E-state index contributed by atoms with van der Waals surface area (Å²) in [5.41, 5.74) is -0.413. The minimum absolute atomic E-state index is 0.0143. The molecule has 2 unspecified atom stereocenters. The first-order valence-electron chi connectivity index (χ1n) is 11.1. The molecule has 0 radical (unpaired) electrons. The molecule has 0 saturated carbocycles. The normalized spacial score (nSPS) is 25.4. The van der Waals surface area contributed by atoms with Gasteiger partial charge in [-0.2, -0.15) is 0 Å². The SMILES string of the molecule is CN1CCC(N(C)C(=O)N2CC(c3cc(F)ccc3F)=C[C@@]2(CO)c2cccc(S)c2)C(F)C1. The second-order valence-corrected chi connectivity index (χ2v) is 9.56. The van der Waals surface area contributed by atoms with Gasteiger partial charge in [-0.15, -0.1) is 12.6 Å². The first-order chi connectivity index (χ1) is 16.2. The Hall–Kier alpha value is -2.49. The third-order valence-electron chi connectivity index (χ3n) is 6.82. The number of nitrogens with zero attached hydrogens (tertiary/aromatic N) is 3. The second-order valence-electron chi connectivity index (χ2n) is 9.04. The van der Waals surface area contributed by atoms with Gasteiger partial charge in [-0.1, -0.05) is 12.1 Å². The number of aliphatic hydroxyl groups excluding tert-OH is 1. The van der Waals surface area contributed by atoms with Gasteiger partial charge in [0.1, 0.15) is 23.3 Å². The van der Waals surface area contributed by atoms with E-state index >= 15 is 0 Å². The number of alkyl halides is 1. The van der Waals surface area contributed by atoms with Crippen LogP contribution in [0.15, 0.2) is 53.4 Å². The van der Waals surface area contributed by atoms with Gasteiger partial charge in [-0.05, 0) is 61.0 Å². The Kier molecular flexibility index (Phi) is 6.98. The van der Waals surface area contributed by atoms with E-state index in [2.05, 4.69) is 12.6 Å². The number of urea groups is 1. The van der Waals surface area contributed by atoms with E-state index in [0.717, 1.165) is 18.2 Å². The summed E-state index contributed by atoms with van der Waals surface area (Å²) in [6.45, 7) is 0.280. The molecule has 2 aliphatic heterocycles. The minimum Gasteiger partial charge on any atom is -0.393 e. The van der Waals surface area contributed by atoms with Gasteiger partial charge in [-0.3, -0.25) is 0 Å². The largest absolute Gasteiger partial charge is 0.393 e. The topological polar surface area (TPSA) is 47.0 Å². The fourth-order valence-corrected chi connectivity index (χ4v) is 5.14. The number of carbonyl (C=O) groups excluding carboxylic acids is 1. The molecule has 2 aliphatic rings. The Morgan fingerprint density at radius 1 is 1.26 bits per heavy atom. The quantitative estimate of drug-likeness (QED) is 0.638. The molecule has 0 aromatic heterocycles. The summed E-state index contributed by atoms with van der Waals surface area (Å²) in [6.07, 6.45) is 0.832. The van der Waals surface area contributed by atoms with E-state index in [0.29, 0.717) is 29.0 Å². The van der Waals surface area contributed by atoms with E-state index < -0.39 is 42.0 Å². The molecule has 0 spiro atoms. The van der Waals surface area contributed by atoms with Crippen LogP contribution in [0, 0.1) is 11.6 Å². The highest BCUT2D eigenvalue weighted by Gasteiger charge is 2.47. The van der Waals surface area contributed by atoms with Gasteiger partial charge >= 0.3 is 6.03 Å². The van der Waals surface area contributed by atoms with Crippen molar-refractivity contribution in [1.82, 2.24) is 14.7 Å². The van der Waals surface area contributed by atoms with Crippen molar-refractivity contribution < 1.29 is 23.1 Å². The zero-order chi connectivity index (χ0) is 24.6. The summed E-state index contributed by atoms with van der Waals surface area (Å²) in [5, 5.41) is 10.6. The van der Waals surface area contributed by atoms with Crippen molar-refractivity contribution in [2.45, 2.75) is 29.1 Å². The van der Waals surface area contributed by atoms with Crippen molar-refractivity contribution in [3.8, 4) is 0 Å². The lowest BCUT2D eigenvalue weighted by molar-refractivity contribution is 0.0417. The van der Waals surface area contributed by atoms with E-state index in [1.165, 1.54) is 9.80 Å². The second kappa shape index (κ2) is 9.64.